The van der Waals surface area contributed by atoms with Crippen LogP contribution < -0.4 is 10.1 Å². The summed E-state index contributed by atoms with van der Waals surface area (Å²) < 4.78 is 5.32. The number of hydrogen-bond acceptors (Lipinski definition) is 3. The van der Waals surface area contributed by atoms with E-state index in [0.29, 0.717) is 0 Å². The molecule has 1 fully saturated rings. The highest BCUT2D eigenvalue weighted by atomic mass is 35.5. The van der Waals surface area contributed by atoms with Crippen molar-refractivity contribution in [2.45, 2.75) is 26.3 Å². The molecule has 1 heterocycles. The Hall–Kier alpha value is -0.770. The molecular weight excluding hydrogens is 272 g/mol. The minimum absolute atomic E-state index is 0. The van der Waals surface area contributed by atoms with Crippen molar-refractivity contribution in [3.63, 3.8) is 0 Å². The summed E-state index contributed by atoms with van der Waals surface area (Å²) in [7, 11) is 3.78. The zero-order valence-electron chi connectivity index (χ0n) is 12.8. The minimum Gasteiger partial charge on any atom is -0.496 e. The van der Waals surface area contributed by atoms with Crippen molar-refractivity contribution < 1.29 is 4.74 Å². The lowest BCUT2D eigenvalue weighted by atomic mass is 9.97. The van der Waals surface area contributed by atoms with E-state index in [2.05, 4.69) is 35.3 Å². The lowest BCUT2D eigenvalue weighted by molar-refractivity contribution is 0.167. The van der Waals surface area contributed by atoms with Gasteiger partial charge in [0.15, 0.2) is 0 Å². The molecule has 0 aliphatic carbocycles. The molecule has 1 saturated heterocycles. The number of aryl methyl sites for hydroxylation is 1. The number of methoxy groups -OCH3 is 1. The number of rotatable bonds is 5. The van der Waals surface area contributed by atoms with Gasteiger partial charge >= 0.3 is 0 Å². The number of piperidine rings is 1. The Balaban J connectivity index is 0.00000200. The molecule has 1 unspecified atom stereocenters. The number of halogens is 1. The third-order valence-electron chi connectivity index (χ3n) is 3.96. The lowest BCUT2D eigenvalue weighted by Crippen LogP contribution is -2.38. The molecule has 2 rings (SSSR count). The fourth-order valence-corrected chi connectivity index (χ4v) is 3.05. The van der Waals surface area contributed by atoms with Gasteiger partial charge in [-0.2, -0.15) is 0 Å². The van der Waals surface area contributed by atoms with Crippen LogP contribution in [0.5, 0.6) is 5.75 Å². The SMILES string of the molecule is CNCC1CCCN(Cc2ccc(OC)c(C)c2)C1.Cl. The van der Waals surface area contributed by atoms with E-state index >= 15 is 0 Å². The Kier molecular flexibility index (Phi) is 7.35. The van der Waals surface area contributed by atoms with Gasteiger partial charge in [0.2, 0.25) is 0 Å². The molecule has 1 aliphatic heterocycles. The second-order valence-electron chi connectivity index (χ2n) is 5.61. The second kappa shape index (κ2) is 8.50. The van der Waals surface area contributed by atoms with E-state index in [0.717, 1.165) is 24.8 Å². The molecule has 0 aromatic heterocycles. The van der Waals surface area contributed by atoms with Gasteiger partial charge in [0, 0.05) is 13.1 Å². The van der Waals surface area contributed by atoms with E-state index in [1.807, 2.05) is 7.05 Å². The summed E-state index contributed by atoms with van der Waals surface area (Å²) in [4.78, 5) is 2.58. The van der Waals surface area contributed by atoms with Crippen molar-refractivity contribution >= 4 is 12.4 Å². The molecule has 0 radical (unpaired) electrons. The van der Waals surface area contributed by atoms with Crippen LogP contribution >= 0.6 is 12.4 Å². The van der Waals surface area contributed by atoms with Crippen LogP contribution in [0.3, 0.4) is 0 Å². The Labute approximate surface area is 129 Å². The Morgan fingerprint density at radius 1 is 1.40 bits per heavy atom. The van der Waals surface area contributed by atoms with Gasteiger partial charge in [0.1, 0.15) is 5.75 Å². The summed E-state index contributed by atoms with van der Waals surface area (Å²) in [6.45, 7) is 6.75. The summed E-state index contributed by atoms with van der Waals surface area (Å²) in [5, 5.41) is 3.30. The standard InChI is InChI=1S/C16H26N2O.ClH/c1-13-9-14(6-7-16(13)19-3)11-18-8-4-5-15(12-18)10-17-2;/h6-7,9,15,17H,4-5,8,10-12H2,1-3H3;1H. The molecule has 1 atom stereocenters. The summed E-state index contributed by atoms with van der Waals surface area (Å²) in [6.07, 6.45) is 2.68. The summed E-state index contributed by atoms with van der Waals surface area (Å²) in [6, 6.07) is 6.52. The first-order valence-corrected chi connectivity index (χ1v) is 7.23. The van der Waals surface area contributed by atoms with E-state index in [1.54, 1.807) is 7.11 Å². The normalized spacial score (nSPS) is 19.4. The van der Waals surface area contributed by atoms with Crippen LogP contribution in [-0.2, 0) is 6.54 Å². The first kappa shape index (κ1) is 17.3. The van der Waals surface area contributed by atoms with E-state index in [9.17, 15) is 0 Å². The Morgan fingerprint density at radius 2 is 2.20 bits per heavy atom. The van der Waals surface area contributed by atoms with Crippen molar-refractivity contribution in [3.05, 3.63) is 29.3 Å². The van der Waals surface area contributed by atoms with Gasteiger partial charge in [0.25, 0.3) is 0 Å². The average molecular weight is 299 g/mol. The zero-order valence-corrected chi connectivity index (χ0v) is 13.6. The molecule has 0 spiro atoms. The van der Waals surface area contributed by atoms with Crippen molar-refractivity contribution in [3.8, 4) is 5.75 Å². The number of benzene rings is 1. The van der Waals surface area contributed by atoms with Gasteiger partial charge in [0.05, 0.1) is 7.11 Å². The van der Waals surface area contributed by atoms with Crippen LogP contribution in [0.25, 0.3) is 0 Å². The predicted octanol–water partition coefficient (Wildman–Crippen LogP) is 2.86. The quantitative estimate of drug-likeness (QED) is 0.905. The molecule has 1 N–H and O–H groups in total. The highest BCUT2D eigenvalue weighted by Gasteiger charge is 2.19. The zero-order chi connectivity index (χ0) is 13.7. The molecular formula is C16H27ClN2O. The molecule has 0 amide bonds. The maximum absolute atomic E-state index is 5.32. The average Bonchev–Trinajstić information content (AvgIpc) is 2.40. The third-order valence-corrected chi connectivity index (χ3v) is 3.96. The Morgan fingerprint density at radius 3 is 2.85 bits per heavy atom. The van der Waals surface area contributed by atoms with Crippen molar-refractivity contribution in [1.29, 1.82) is 0 Å². The molecule has 4 heteroatoms. The number of nitrogens with one attached hydrogen (secondary N) is 1. The first-order valence-electron chi connectivity index (χ1n) is 7.23. The molecule has 0 saturated carbocycles. The maximum atomic E-state index is 5.32. The highest BCUT2D eigenvalue weighted by molar-refractivity contribution is 5.85. The maximum Gasteiger partial charge on any atom is 0.121 e. The van der Waals surface area contributed by atoms with Crippen molar-refractivity contribution in [1.82, 2.24) is 10.2 Å². The summed E-state index contributed by atoms with van der Waals surface area (Å²) in [5.41, 5.74) is 2.62. The van der Waals surface area contributed by atoms with Gasteiger partial charge in [-0.25, -0.2) is 0 Å². The van der Waals surface area contributed by atoms with E-state index in [1.165, 1.54) is 37.1 Å². The molecule has 20 heavy (non-hydrogen) atoms. The first-order chi connectivity index (χ1) is 9.22. The van der Waals surface area contributed by atoms with E-state index in [-0.39, 0.29) is 12.4 Å². The van der Waals surface area contributed by atoms with Gasteiger partial charge in [-0.1, -0.05) is 12.1 Å². The van der Waals surface area contributed by atoms with Gasteiger partial charge in [-0.05, 0) is 63.0 Å². The number of likely N-dealkylation sites (tertiary alicyclic amines) is 1. The summed E-state index contributed by atoms with van der Waals surface area (Å²) >= 11 is 0. The number of hydrogen-bond donors (Lipinski definition) is 1. The molecule has 0 bridgehead atoms. The van der Waals surface area contributed by atoms with Crippen LogP contribution in [0.1, 0.15) is 24.0 Å². The number of nitrogens with zero attached hydrogens (tertiary/aromatic N) is 1. The van der Waals surface area contributed by atoms with Crippen LogP contribution in [0.2, 0.25) is 0 Å². The third kappa shape index (κ3) is 4.65. The van der Waals surface area contributed by atoms with E-state index in [4.69, 9.17) is 4.74 Å². The highest BCUT2D eigenvalue weighted by Crippen LogP contribution is 2.22. The van der Waals surface area contributed by atoms with Crippen LogP contribution in [0.4, 0.5) is 0 Å². The lowest BCUT2D eigenvalue weighted by Gasteiger charge is -2.32. The molecule has 3 nitrogen and oxygen atoms in total. The van der Waals surface area contributed by atoms with Crippen molar-refractivity contribution in [2.24, 2.45) is 5.92 Å². The largest absolute Gasteiger partial charge is 0.496 e. The molecule has 1 aromatic carbocycles. The minimum atomic E-state index is 0. The second-order valence-corrected chi connectivity index (χ2v) is 5.61. The van der Waals surface area contributed by atoms with Gasteiger partial charge in [-0.15, -0.1) is 12.4 Å². The topological polar surface area (TPSA) is 24.5 Å². The van der Waals surface area contributed by atoms with Crippen LogP contribution in [-0.4, -0.2) is 38.7 Å². The number of ether oxygens (including phenoxy) is 1. The van der Waals surface area contributed by atoms with Crippen molar-refractivity contribution in [2.75, 3.05) is 33.8 Å². The van der Waals surface area contributed by atoms with Gasteiger partial charge in [-0.3, -0.25) is 4.90 Å². The fourth-order valence-electron chi connectivity index (χ4n) is 3.05. The monoisotopic (exact) mass is 298 g/mol. The smallest absolute Gasteiger partial charge is 0.121 e. The molecule has 1 aliphatic rings. The Bertz CT molecular complexity index is 409. The fraction of sp³-hybridized carbons (Fsp3) is 0.625. The van der Waals surface area contributed by atoms with Gasteiger partial charge < -0.3 is 10.1 Å². The van der Waals surface area contributed by atoms with E-state index < -0.39 is 0 Å². The summed E-state index contributed by atoms with van der Waals surface area (Å²) in [5.74, 6) is 1.79. The molecule has 114 valence electrons. The molecule has 1 aromatic rings. The van der Waals surface area contributed by atoms with Crippen LogP contribution in [0, 0.1) is 12.8 Å². The predicted molar refractivity (Wildman–Crippen MR) is 86.9 cm³/mol. The van der Waals surface area contributed by atoms with Crippen LogP contribution in [0.15, 0.2) is 18.2 Å².